The standard InChI is InChI=1S/C18H22O7S/c1-9-3-10(2)25-18(24)16-11(5-12(19)6-13(16)20)7-26-8-15(22)17(23)14(21)4-9/h5-6,9-10,14,19-21H,3-4,7-8H2,1-2H3/t9?,10-,14?/m0/s1. The summed E-state index contributed by atoms with van der Waals surface area (Å²) in [4.78, 5) is 36.4. The minimum Gasteiger partial charge on any atom is -0.508 e. The molecule has 0 fully saturated rings. The third kappa shape index (κ3) is 4.98. The predicted molar refractivity (Wildman–Crippen MR) is 95.2 cm³/mol. The van der Waals surface area contributed by atoms with Gasteiger partial charge in [-0.05, 0) is 37.3 Å². The lowest BCUT2D eigenvalue weighted by Crippen LogP contribution is -2.32. The van der Waals surface area contributed by atoms with Crippen molar-refractivity contribution in [2.45, 2.75) is 44.6 Å². The molecule has 1 heterocycles. The number of ether oxygens (including phenoxy) is 1. The molecule has 26 heavy (non-hydrogen) atoms. The highest BCUT2D eigenvalue weighted by Gasteiger charge is 2.28. The highest BCUT2D eigenvalue weighted by molar-refractivity contribution is 7.99. The average Bonchev–Trinajstić information content (AvgIpc) is 2.51. The van der Waals surface area contributed by atoms with Gasteiger partial charge < -0.3 is 20.1 Å². The molecule has 0 saturated heterocycles. The molecule has 0 saturated carbocycles. The Labute approximate surface area is 155 Å². The molecule has 2 rings (SSSR count). The van der Waals surface area contributed by atoms with Gasteiger partial charge in [-0.1, -0.05) is 6.92 Å². The Hall–Kier alpha value is -2.06. The van der Waals surface area contributed by atoms with E-state index in [1.54, 1.807) is 13.8 Å². The number of hydrogen-bond donors (Lipinski definition) is 3. The topological polar surface area (TPSA) is 121 Å². The number of aromatic hydroxyl groups is 2. The zero-order valence-electron chi connectivity index (χ0n) is 14.6. The summed E-state index contributed by atoms with van der Waals surface area (Å²) in [5, 5.41) is 29.7. The van der Waals surface area contributed by atoms with Crippen molar-refractivity contribution in [3.05, 3.63) is 23.3 Å². The van der Waals surface area contributed by atoms with Crippen molar-refractivity contribution in [2.24, 2.45) is 5.92 Å². The number of rotatable bonds is 0. The molecule has 1 aliphatic heterocycles. The molecule has 0 aliphatic carbocycles. The third-order valence-electron chi connectivity index (χ3n) is 4.12. The Morgan fingerprint density at radius 3 is 2.46 bits per heavy atom. The Kier molecular flexibility index (Phi) is 6.66. The molecule has 0 spiro atoms. The van der Waals surface area contributed by atoms with Gasteiger partial charge in [-0.25, -0.2) is 4.79 Å². The molecule has 3 N–H and O–H groups in total. The SMILES string of the molecule is CC1CC(O)C(=O)C(=O)CSCc2cc(O)cc(O)c2C(=O)O[C@@H](C)C1. The molecule has 7 nitrogen and oxygen atoms in total. The van der Waals surface area contributed by atoms with Crippen LogP contribution in [0.1, 0.15) is 42.6 Å². The number of phenolic OH excluding ortho intramolecular Hbond substituents is 2. The molecule has 0 aromatic heterocycles. The third-order valence-corrected chi connectivity index (χ3v) is 5.11. The fourth-order valence-electron chi connectivity index (χ4n) is 2.97. The molecule has 0 amide bonds. The van der Waals surface area contributed by atoms with Crippen molar-refractivity contribution in [3.8, 4) is 11.5 Å². The number of fused-ring (bicyclic) bond motifs is 1. The van der Waals surface area contributed by atoms with E-state index in [9.17, 15) is 29.7 Å². The number of ketones is 2. The van der Waals surface area contributed by atoms with Gasteiger partial charge in [-0.3, -0.25) is 9.59 Å². The van der Waals surface area contributed by atoms with Gasteiger partial charge in [-0.15, -0.1) is 11.8 Å². The van der Waals surface area contributed by atoms with Crippen LogP contribution in [-0.4, -0.2) is 50.8 Å². The number of aliphatic hydroxyl groups is 1. The summed E-state index contributed by atoms with van der Waals surface area (Å²) in [7, 11) is 0. The molecule has 1 aromatic rings. The number of carbonyl (C=O) groups is 3. The van der Waals surface area contributed by atoms with E-state index in [1.165, 1.54) is 6.07 Å². The van der Waals surface area contributed by atoms with Crippen LogP contribution in [0.25, 0.3) is 0 Å². The zero-order chi connectivity index (χ0) is 19.4. The molecular weight excluding hydrogens is 360 g/mol. The Morgan fingerprint density at radius 1 is 1.08 bits per heavy atom. The predicted octanol–water partition coefficient (Wildman–Crippen LogP) is 1.81. The number of esters is 1. The van der Waals surface area contributed by atoms with Crippen LogP contribution in [0, 0.1) is 5.92 Å². The molecule has 3 atom stereocenters. The van der Waals surface area contributed by atoms with Gasteiger partial charge >= 0.3 is 5.97 Å². The lowest BCUT2D eigenvalue weighted by molar-refractivity contribution is -0.140. The van der Waals surface area contributed by atoms with Gasteiger partial charge in [-0.2, -0.15) is 0 Å². The first-order valence-corrected chi connectivity index (χ1v) is 9.43. The number of thioether (sulfide) groups is 1. The number of carbonyl (C=O) groups excluding carboxylic acids is 3. The number of Topliss-reactive ketones (excluding diaryl/α,β-unsaturated/α-hetero) is 2. The zero-order valence-corrected chi connectivity index (χ0v) is 15.4. The van der Waals surface area contributed by atoms with Crippen LogP contribution >= 0.6 is 11.8 Å². The minimum absolute atomic E-state index is 0.0642. The molecule has 142 valence electrons. The van der Waals surface area contributed by atoms with Crippen LogP contribution in [0.4, 0.5) is 0 Å². The first-order valence-electron chi connectivity index (χ1n) is 8.27. The maximum Gasteiger partial charge on any atom is 0.342 e. The Bertz CT molecular complexity index is 716. The van der Waals surface area contributed by atoms with E-state index < -0.39 is 35.5 Å². The summed E-state index contributed by atoms with van der Waals surface area (Å²) in [6.07, 6.45) is -1.41. The van der Waals surface area contributed by atoms with Crippen LogP contribution in [-0.2, 0) is 20.1 Å². The summed E-state index contributed by atoms with van der Waals surface area (Å²) in [5.41, 5.74) is 0.237. The monoisotopic (exact) mass is 382 g/mol. The highest BCUT2D eigenvalue weighted by Crippen LogP contribution is 2.31. The van der Waals surface area contributed by atoms with Gasteiger partial charge in [0, 0.05) is 11.8 Å². The summed E-state index contributed by atoms with van der Waals surface area (Å²) >= 11 is 1.05. The number of phenols is 2. The fourth-order valence-corrected chi connectivity index (χ4v) is 3.85. The number of aliphatic hydroxyl groups excluding tert-OH is 1. The molecule has 1 aliphatic rings. The van der Waals surface area contributed by atoms with Gasteiger partial charge in [0.15, 0.2) is 0 Å². The van der Waals surface area contributed by atoms with Crippen molar-refractivity contribution >= 4 is 29.3 Å². The maximum atomic E-state index is 12.5. The Balaban J connectivity index is 2.35. The van der Waals surface area contributed by atoms with Crippen molar-refractivity contribution < 1.29 is 34.4 Å². The second-order valence-electron chi connectivity index (χ2n) is 6.59. The molecule has 0 radical (unpaired) electrons. The summed E-state index contributed by atoms with van der Waals surface area (Å²) in [5.74, 6) is -3.12. The number of cyclic esters (lactones) is 1. The van der Waals surface area contributed by atoms with Crippen LogP contribution in [0.2, 0.25) is 0 Å². The normalized spacial score (nSPS) is 26.0. The van der Waals surface area contributed by atoms with Crippen molar-refractivity contribution in [3.63, 3.8) is 0 Å². The van der Waals surface area contributed by atoms with E-state index in [2.05, 4.69) is 0 Å². The van der Waals surface area contributed by atoms with Crippen LogP contribution in [0.15, 0.2) is 12.1 Å². The fraction of sp³-hybridized carbons (Fsp3) is 0.500. The van der Waals surface area contributed by atoms with Gasteiger partial charge in [0.25, 0.3) is 0 Å². The van der Waals surface area contributed by atoms with E-state index in [0.29, 0.717) is 12.0 Å². The number of hydrogen-bond acceptors (Lipinski definition) is 8. The van der Waals surface area contributed by atoms with Crippen molar-refractivity contribution in [2.75, 3.05) is 5.75 Å². The maximum absolute atomic E-state index is 12.5. The average molecular weight is 382 g/mol. The molecule has 8 heteroatoms. The van der Waals surface area contributed by atoms with E-state index >= 15 is 0 Å². The van der Waals surface area contributed by atoms with Gasteiger partial charge in [0.1, 0.15) is 23.2 Å². The second-order valence-corrected chi connectivity index (χ2v) is 7.57. The van der Waals surface area contributed by atoms with Crippen molar-refractivity contribution in [1.29, 1.82) is 0 Å². The van der Waals surface area contributed by atoms with Crippen LogP contribution in [0.3, 0.4) is 0 Å². The smallest absolute Gasteiger partial charge is 0.342 e. The van der Waals surface area contributed by atoms with E-state index in [-0.39, 0.29) is 35.2 Å². The van der Waals surface area contributed by atoms with E-state index in [4.69, 9.17) is 4.74 Å². The lowest BCUT2D eigenvalue weighted by Gasteiger charge is -2.21. The molecule has 2 unspecified atom stereocenters. The summed E-state index contributed by atoms with van der Waals surface area (Å²) in [6, 6.07) is 2.36. The van der Waals surface area contributed by atoms with Crippen molar-refractivity contribution in [1.82, 2.24) is 0 Å². The van der Waals surface area contributed by atoms with Gasteiger partial charge in [0.05, 0.1) is 11.9 Å². The van der Waals surface area contributed by atoms with E-state index in [0.717, 1.165) is 17.8 Å². The van der Waals surface area contributed by atoms with Crippen LogP contribution < -0.4 is 0 Å². The first-order chi connectivity index (χ1) is 12.2. The molecule has 0 bridgehead atoms. The Morgan fingerprint density at radius 2 is 1.77 bits per heavy atom. The quantitative estimate of drug-likeness (QED) is 0.459. The van der Waals surface area contributed by atoms with Gasteiger partial charge in [0.2, 0.25) is 11.6 Å². The highest BCUT2D eigenvalue weighted by atomic mass is 32.2. The van der Waals surface area contributed by atoms with Crippen LogP contribution in [0.5, 0.6) is 11.5 Å². The molecular formula is C18H22O7S. The minimum atomic E-state index is -1.37. The number of benzene rings is 1. The first kappa shape index (κ1) is 20.3. The lowest BCUT2D eigenvalue weighted by atomic mass is 9.94. The molecule has 1 aromatic carbocycles. The van der Waals surface area contributed by atoms with E-state index in [1.807, 2.05) is 0 Å². The summed E-state index contributed by atoms with van der Waals surface area (Å²) < 4.78 is 5.37. The summed E-state index contributed by atoms with van der Waals surface area (Å²) in [6.45, 7) is 3.46. The largest absolute Gasteiger partial charge is 0.508 e. The second kappa shape index (κ2) is 8.55.